The van der Waals surface area contributed by atoms with Crippen molar-refractivity contribution in [3.8, 4) is 0 Å². The van der Waals surface area contributed by atoms with Crippen LogP contribution in [0, 0.1) is 0 Å². The lowest BCUT2D eigenvalue weighted by atomic mass is 10.2. The number of nitrogens with two attached hydrogens (primary N) is 2. The number of anilines is 3. The van der Waals surface area contributed by atoms with E-state index in [4.69, 9.17) is 11.5 Å². The first kappa shape index (κ1) is 22.0. The molecule has 1 amide bonds. The summed E-state index contributed by atoms with van der Waals surface area (Å²) in [5, 5.41) is 11.8. The Morgan fingerprint density at radius 1 is 1.00 bits per heavy atom. The van der Waals surface area contributed by atoms with Crippen LogP contribution in [0.3, 0.4) is 0 Å². The van der Waals surface area contributed by atoms with Gasteiger partial charge in [-0.3, -0.25) is 4.79 Å². The first-order chi connectivity index (χ1) is 15.8. The third-order valence-corrected chi connectivity index (χ3v) is 6.45. The fraction of sp³-hybridized carbons (Fsp3) is 0. The molecule has 0 saturated carbocycles. The van der Waals surface area contributed by atoms with Crippen LogP contribution in [0.4, 0.5) is 17.2 Å². The Morgan fingerprint density at radius 2 is 1.76 bits per heavy atom. The lowest BCUT2D eigenvalue weighted by Crippen LogP contribution is -2.29. The lowest BCUT2D eigenvalue weighted by Gasteiger charge is -2.11. The fourth-order valence-electron chi connectivity index (χ4n) is 2.85. The summed E-state index contributed by atoms with van der Waals surface area (Å²) in [6.07, 6.45) is 1.41. The normalized spacial score (nSPS) is 11.0. The van der Waals surface area contributed by atoms with E-state index in [9.17, 15) is 13.2 Å². The van der Waals surface area contributed by atoms with Crippen molar-refractivity contribution in [1.82, 2.24) is 14.8 Å². The molecule has 0 bridgehead atoms. The summed E-state index contributed by atoms with van der Waals surface area (Å²) in [6.45, 7) is 0. The number of benzene rings is 2. The SMILES string of the molecule is NC(N)=NNS(=O)(=O)c1ccc(Nc2ncnc3ccc(NC(=O)c4cccs4)cc23)cc1. The molecule has 2 aromatic heterocycles. The topological polar surface area (TPSA) is 177 Å². The summed E-state index contributed by atoms with van der Waals surface area (Å²) in [5.74, 6) is -0.123. The molecule has 0 unspecified atom stereocenters. The molecule has 0 saturated heterocycles. The minimum absolute atomic E-state index is 0.0239. The quantitative estimate of drug-likeness (QED) is 0.151. The number of rotatable bonds is 7. The van der Waals surface area contributed by atoms with E-state index in [0.29, 0.717) is 33.0 Å². The van der Waals surface area contributed by atoms with Crippen LogP contribution in [0.15, 0.2) is 76.3 Å². The molecule has 0 aliphatic carbocycles. The smallest absolute Gasteiger partial charge is 0.276 e. The second-order valence-corrected chi connectivity index (χ2v) is 9.27. The fourth-order valence-corrected chi connectivity index (χ4v) is 4.30. The van der Waals surface area contributed by atoms with Crippen molar-refractivity contribution < 1.29 is 13.2 Å². The van der Waals surface area contributed by atoms with Gasteiger partial charge >= 0.3 is 0 Å². The molecular weight excluding hydrogens is 464 g/mol. The number of thiophene rings is 1. The Labute approximate surface area is 192 Å². The number of nitrogens with zero attached hydrogens (tertiary/aromatic N) is 3. The van der Waals surface area contributed by atoms with Crippen LogP contribution in [0.2, 0.25) is 0 Å². The molecule has 4 rings (SSSR count). The largest absolute Gasteiger partial charge is 0.369 e. The van der Waals surface area contributed by atoms with Crippen LogP contribution in [0.1, 0.15) is 9.67 Å². The lowest BCUT2D eigenvalue weighted by molar-refractivity contribution is 0.103. The molecule has 0 radical (unpaired) electrons. The number of carbonyl (C=O) groups is 1. The number of amides is 1. The number of aromatic nitrogens is 2. The number of carbonyl (C=O) groups excluding carboxylic acids is 1. The van der Waals surface area contributed by atoms with Gasteiger partial charge in [0.15, 0.2) is 0 Å². The molecule has 11 nitrogen and oxygen atoms in total. The average molecular weight is 483 g/mol. The monoisotopic (exact) mass is 482 g/mol. The van der Waals surface area contributed by atoms with Crippen LogP contribution in [-0.4, -0.2) is 30.3 Å². The zero-order valence-electron chi connectivity index (χ0n) is 16.9. The van der Waals surface area contributed by atoms with Gasteiger partial charge in [-0.1, -0.05) is 6.07 Å². The second kappa shape index (κ2) is 9.10. The van der Waals surface area contributed by atoms with Gasteiger partial charge in [-0.15, -0.1) is 16.4 Å². The highest BCUT2D eigenvalue weighted by Crippen LogP contribution is 2.27. The van der Waals surface area contributed by atoms with Gasteiger partial charge in [0, 0.05) is 16.8 Å². The maximum atomic E-state index is 12.4. The number of hydrazone groups is 1. The number of nitrogens with one attached hydrogen (secondary N) is 3. The van der Waals surface area contributed by atoms with E-state index in [0.717, 1.165) is 0 Å². The van der Waals surface area contributed by atoms with E-state index >= 15 is 0 Å². The molecule has 0 fully saturated rings. The minimum Gasteiger partial charge on any atom is -0.369 e. The minimum atomic E-state index is -3.91. The molecule has 2 aromatic carbocycles. The predicted octanol–water partition coefficient (Wildman–Crippen LogP) is 2.15. The van der Waals surface area contributed by atoms with Crippen LogP contribution >= 0.6 is 11.3 Å². The van der Waals surface area contributed by atoms with Gasteiger partial charge in [0.25, 0.3) is 15.9 Å². The Morgan fingerprint density at radius 3 is 2.45 bits per heavy atom. The van der Waals surface area contributed by atoms with Crippen molar-refractivity contribution in [2.24, 2.45) is 16.6 Å². The van der Waals surface area contributed by atoms with Crippen molar-refractivity contribution in [3.05, 3.63) is 71.2 Å². The summed E-state index contributed by atoms with van der Waals surface area (Å²) in [7, 11) is -3.91. The third kappa shape index (κ3) is 5.16. The predicted molar refractivity (Wildman–Crippen MR) is 128 cm³/mol. The molecule has 0 atom stereocenters. The summed E-state index contributed by atoms with van der Waals surface area (Å²) >= 11 is 1.35. The van der Waals surface area contributed by atoms with Crippen molar-refractivity contribution in [2.75, 3.05) is 10.6 Å². The highest BCUT2D eigenvalue weighted by molar-refractivity contribution is 7.89. The van der Waals surface area contributed by atoms with Gasteiger partial charge in [0.2, 0.25) is 5.96 Å². The standard InChI is InChI=1S/C20H18N8O3S2/c21-20(22)27-28-33(30,31)14-6-3-12(4-7-14)25-18-15-10-13(5-8-16(15)23-11-24-18)26-19(29)17-2-1-9-32-17/h1-11,28H,(H,26,29)(H4,21,22,27)(H,23,24,25). The first-order valence-corrected chi connectivity index (χ1v) is 11.8. The molecular formula is C20H18N8O3S2. The van der Waals surface area contributed by atoms with E-state index in [-0.39, 0.29) is 10.8 Å². The molecule has 2 heterocycles. The first-order valence-electron chi connectivity index (χ1n) is 9.39. The summed E-state index contributed by atoms with van der Waals surface area (Å²) < 4.78 is 24.4. The molecule has 33 heavy (non-hydrogen) atoms. The van der Waals surface area contributed by atoms with E-state index in [2.05, 4.69) is 25.7 Å². The van der Waals surface area contributed by atoms with Crippen molar-refractivity contribution >= 4 is 61.3 Å². The second-order valence-electron chi connectivity index (χ2n) is 6.67. The van der Waals surface area contributed by atoms with Crippen molar-refractivity contribution in [2.45, 2.75) is 4.90 Å². The molecule has 0 aliphatic rings. The molecule has 7 N–H and O–H groups in total. The zero-order chi connectivity index (χ0) is 23.4. The van der Waals surface area contributed by atoms with Gasteiger partial charge < -0.3 is 22.1 Å². The number of fused-ring (bicyclic) bond motifs is 1. The maximum Gasteiger partial charge on any atom is 0.276 e. The number of hydrogen-bond acceptors (Lipinski definition) is 8. The number of sulfonamides is 1. The summed E-state index contributed by atoms with van der Waals surface area (Å²) in [6, 6.07) is 14.8. The molecule has 168 valence electrons. The van der Waals surface area contributed by atoms with Gasteiger partial charge in [-0.2, -0.15) is 13.2 Å². The number of guanidine groups is 1. The van der Waals surface area contributed by atoms with Crippen LogP contribution < -0.4 is 26.9 Å². The Balaban J connectivity index is 1.57. The van der Waals surface area contributed by atoms with Crippen LogP contribution in [-0.2, 0) is 10.0 Å². The van der Waals surface area contributed by atoms with Crippen LogP contribution in [0.25, 0.3) is 10.9 Å². The van der Waals surface area contributed by atoms with Crippen molar-refractivity contribution in [1.29, 1.82) is 0 Å². The van der Waals surface area contributed by atoms with E-state index in [1.165, 1.54) is 29.8 Å². The molecule has 0 spiro atoms. The van der Waals surface area contributed by atoms with E-state index in [1.807, 2.05) is 16.3 Å². The van der Waals surface area contributed by atoms with Crippen LogP contribution in [0.5, 0.6) is 0 Å². The molecule has 0 aliphatic heterocycles. The van der Waals surface area contributed by atoms with E-state index in [1.54, 1.807) is 36.4 Å². The highest BCUT2D eigenvalue weighted by Gasteiger charge is 2.14. The van der Waals surface area contributed by atoms with Gasteiger partial charge in [0.1, 0.15) is 12.1 Å². The van der Waals surface area contributed by atoms with Crippen molar-refractivity contribution in [3.63, 3.8) is 0 Å². The van der Waals surface area contributed by atoms with Gasteiger partial charge in [-0.05, 0) is 53.9 Å². The van der Waals surface area contributed by atoms with Gasteiger partial charge in [-0.25, -0.2) is 9.97 Å². The zero-order valence-corrected chi connectivity index (χ0v) is 18.5. The summed E-state index contributed by atoms with van der Waals surface area (Å²) in [4.78, 5) is 23.4. The average Bonchev–Trinajstić information content (AvgIpc) is 3.34. The third-order valence-electron chi connectivity index (χ3n) is 4.36. The maximum absolute atomic E-state index is 12.4. The Hall–Kier alpha value is -4.23. The van der Waals surface area contributed by atoms with E-state index < -0.39 is 16.0 Å². The van der Waals surface area contributed by atoms with Gasteiger partial charge in [0.05, 0.1) is 15.3 Å². The Kier molecular flexibility index (Phi) is 6.06. The Bertz CT molecular complexity index is 1430. The summed E-state index contributed by atoms with van der Waals surface area (Å²) in [5.41, 5.74) is 12.1. The molecule has 4 aromatic rings. The number of hydrogen-bond donors (Lipinski definition) is 5. The molecule has 13 heteroatoms. The highest BCUT2D eigenvalue weighted by atomic mass is 32.2.